The van der Waals surface area contributed by atoms with Gasteiger partial charge >= 0.3 is 0 Å². The molecule has 2 fully saturated rings. The molecule has 0 radical (unpaired) electrons. The molecule has 0 nitrogen and oxygen atoms in total. The molecule has 2 bridgehead atoms. The largest absolute Gasteiger partial charge is 0.0847 e. The minimum atomic E-state index is 0.571. The van der Waals surface area contributed by atoms with Gasteiger partial charge in [-0.25, -0.2) is 0 Å². The van der Waals surface area contributed by atoms with Crippen LogP contribution in [0.2, 0.25) is 0 Å². The number of hydrogen-bond acceptors (Lipinski definition) is 0. The first kappa shape index (κ1) is 9.93. The highest BCUT2D eigenvalue weighted by atomic mass is 14.7. The van der Waals surface area contributed by atoms with Crippen LogP contribution in [0.4, 0.5) is 0 Å². The minimum Gasteiger partial charge on any atom is -0.0847 e. The van der Waals surface area contributed by atoms with Crippen LogP contribution in [-0.4, -0.2) is 0 Å². The Balaban J connectivity index is 2.17. The van der Waals surface area contributed by atoms with Gasteiger partial charge in [0, 0.05) is 0 Å². The highest BCUT2D eigenvalue weighted by molar-refractivity contribution is 5.30. The lowest BCUT2D eigenvalue weighted by Crippen LogP contribution is -2.41. The Hall–Kier alpha value is -0.260. The molecule has 15 heavy (non-hydrogen) atoms. The summed E-state index contributed by atoms with van der Waals surface area (Å²) < 4.78 is 0. The van der Waals surface area contributed by atoms with E-state index in [0.29, 0.717) is 10.8 Å². The summed E-state index contributed by atoms with van der Waals surface area (Å²) in [6.07, 6.45) is 8.34. The quantitative estimate of drug-likeness (QED) is 0.513. The summed E-state index contributed by atoms with van der Waals surface area (Å²) in [4.78, 5) is 0. The van der Waals surface area contributed by atoms with E-state index in [0.717, 1.165) is 17.8 Å². The smallest absolute Gasteiger partial charge is 0.000604 e. The molecule has 84 valence electrons. The second-order valence-corrected chi connectivity index (χ2v) is 6.87. The summed E-state index contributed by atoms with van der Waals surface area (Å²) in [7, 11) is 0. The molecule has 3 aliphatic carbocycles. The molecule has 3 aliphatic rings. The number of fused-ring (bicyclic) bond motifs is 1. The predicted octanol–water partition coefficient (Wildman–Crippen LogP) is 4.42. The minimum absolute atomic E-state index is 0.571. The lowest BCUT2D eigenvalue weighted by molar-refractivity contribution is 0.0786. The Bertz CT molecular complexity index is 323. The van der Waals surface area contributed by atoms with Crippen LogP contribution in [-0.2, 0) is 0 Å². The molecule has 0 N–H and O–H groups in total. The Kier molecular flexibility index (Phi) is 1.79. The van der Waals surface area contributed by atoms with E-state index in [4.69, 9.17) is 0 Å². The van der Waals surface area contributed by atoms with Crippen molar-refractivity contribution in [2.45, 2.75) is 53.4 Å². The molecule has 0 heterocycles. The van der Waals surface area contributed by atoms with Gasteiger partial charge in [0.25, 0.3) is 0 Å². The van der Waals surface area contributed by atoms with Crippen LogP contribution >= 0.6 is 0 Å². The van der Waals surface area contributed by atoms with E-state index in [-0.39, 0.29) is 0 Å². The van der Waals surface area contributed by atoms with Crippen molar-refractivity contribution in [3.8, 4) is 0 Å². The molecule has 0 unspecified atom stereocenters. The van der Waals surface area contributed by atoms with Crippen LogP contribution in [0.15, 0.2) is 11.6 Å². The van der Waals surface area contributed by atoms with Crippen molar-refractivity contribution < 1.29 is 0 Å². The van der Waals surface area contributed by atoms with E-state index in [1.54, 1.807) is 5.57 Å². The fourth-order valence-electron chi connectivity index (χ4n) is 5.42. The van der Waals surface area contributed by atoms with E-state index < -0.39 is 0 Å². The maximum atomic E-state index is 2.56. The molecule has 0 aromatic rings. The van der Waals surface area contributed by atoms with Gasteiger partial charge in [0.05, 0.1) is 0 Å². The van der Waals surface area contributed by atoms with E-state index in [2.05, 4.69) is 33.8 Å². The SMILES string of the molecule is CC1=CC[C@H]2C[C@H]3[C@@H](C)CC[C@]13C2(C)C. The van der Waals surface area contributed by atoms with Crippen LogP contribution in [0, 0.1) is 28.6 Å². The molecule has 0 saturated heterocycles. The average molecular weight is 204 g/mol. The third-order valence-corrected chi connectivity index (χ3v) is 6.43. The van der Waals surface area contributed by atoms with E-state index in [1.807, 2.05) is 0 Å². The van der Waals surface area contributed by atoms with Crippen molar-refractivity contribution in [2.24, 2.45) is 28.6 Å². The van der Waals surface area contributed by atoms with Gasteiger partial charge in [0.1, 0.15) is 0 Å². The molecule has 0 heteroatoms. The van der Waals surface area contributed by atoms with Crippen molar-refractivity contribution in [1.82, 2.24) is 0 Å². The number of allylic oxidation sites excluding steroid dienone is 2. The summed E-state index contributed by atoms with van der Waals surface area (Å²) in [5.41, 5.74) is 2.90. The topological polar surface area (TPSA) is 0 Å². The maximum Gasteiger partial charge on any atom is -0.000604 e. The standard InChI is InChI=1S/C15H24/c1-10-7-8-15-11(2)5-6-12(9-13(10)15)14(15,3)4/h5,10,12-13H,6-9H2,1-4H3/t10-,12-,13-,15-/m0/s1. The zero-order valence-corrected chi connectivity index (χ0v) is 10.6. The summed E-state index contributed by atoms with van der Waals surface area (Å²) in [5, 5.41) is 0. The van der Waals surface area contributed by atoms with Gasteiger partial charge < -0.3 is 0 Å². The summed E-state index contributed by atoms with van der Waals surface area (Å²) in [6, 6.07) is 0. The van der Waals surface area contributed by atoms with Gasteiger partial charge in [-0.2, -0.15) is 0 Å². The monoisotopic (exact) mass is 204 g/mol. The third kappa shape index (κ3) is 0.905. The highest BCUT2D eigenvalue weighted by Gasteiger charge is 2.64. The molecule has 0 aromatic heterocycles. The highest BCUT2D eigenvalue weighted by Crippen LogP contribution is 2.72. The zero-order chi connectivity index (χ0) is 10.8. The average Bonchev–Trinajstić information content (AvgIpc) is 2.53. The van der Waals surface area contributed by atoms with Gasteiger partial charge in [-0.15, -0.1) is 0 Å². The number of hydrogen-bond donors (Lipinski definition) is 0. The molecule has 3 rings (SSSR count). The van der Waals surface area contributed by atoms with Gasteiger partial charge in [-0.1, -0.05) is 32.4 Å². The molecule has 1 spiro atoms. The lowest BCUT2D eigenvalue weighted by atomic mass is 9.56. The van der Waals surface area contributed by atoms with Gasteiger partial charge in [-0.05, 0) is 61.2 Å². The summed E-state index contributed by atoms with van der Waals surface area (Å²) in [5.74, 6) is 2.93. The Morgan fingerprint density at radius 1 is 1.33 bits per heavy atom. The van der Waals surface area contributed by atoms with Crippen molar-refractivity contribution in [3.63, 3.8) is 0 Å². The van der Waals surface area contributed by atoms with E-state index in [1.165, 1.54) is 25.7 Å². The zero-order valence-electron chi connectivity index (χ0n) is 10.6. The second kappa shape index (κ2) is 2.70. The number of rotatable bonds is 0. The normalized spacial score (nSPS) is 51.5. The predicted molar refractivity (Wildman–Crippen MR) is 64.6 cm³/mol. The van der Waals surface area contributed by atoms with Gasteiger partial charge in [0.2, 0.25) is 0 Å². The fraction of sp³-hybridized carbons (Fsp3) is 0.867. The van der Waals surface area contributed by atoms with Crippen LogP contribution < -0.4 is 0 Å². The van der Waals surface area contributed by atoms with Crippen LogP contribution in [0.5, 0.6) is 0 Å². The summed E-state index contributed by atoms with van der Waals surface area (Å²) in [6.45, 7) is 10.00. The Labute approximate surface area is 94.1 Å². The summed E-state index contributed by atoms with van der Waals surface area (Å²) >= 11 is 0. The third-order valence-electron chi connectivity index (χ3n) is 6.43. The van der Waals surface area contributed by atoms with Crippen LogP contribution in [0.1, 0.15) is 53.4 Å². The van der Waals surface area contributed by atoms with Crippen molar-refractivity contribution in [1.29, 1.82) is 0 Å². The molecule has 2 saturated carbocycles. The van der Waals surface area contributed by atoms with Crippen LogP contribution in [0.3, 0.4) is 0 Å². The molecular formula is C15H24. The first-order valence-electron chi connectivity index (χ1n) is 6.67. The molecular weight excluding hydrogens is 180 g/mol. The van der Waals surface area contributed by atoms with Crippen LogP contribution in [0.25, 0.3) is 0 Å². The first-order valence-corrected chi connectivity index (χ1v) is 6.67. The van der Waals surface area contributed by atoms with Crippen molar-refractivity contribution in [2.75, 3.05) is 0 Å². The van der Waals surface area contributed by atoms with Crippen molar-refractivity contribution >= 4 is 0 Å². The second-order valence-electron chi connectivity index (χ2n) is 6.87. The fourth-order valence-corrected chi connectivity index (χ4v) is 5.42. The van der Waals surface area contributed by atoms with Gasteiger partial charge in [0.15, 0.2) is 0 Å². The van der Waals surface area contributed by atoms with E-state index in [9.17, 15) is 0 Å². The molecule has 0 amide bonds. The lowest BCUT2D eigenvalue weighted by Gasteiger charge is -2.48. The van der Waals surface area contributed by atoms with Crippen molar-refractivity contribution in [3.05, 3.63) is 11.6 Å². The molecule has 4 atom stereocenters. The maximum absolute atomic E-state index is 2.56. The van der Waals surface area contributed by atoms with E-state index >= 15 is 0 Å². The molecule has 0 aromatic carbocycles. The first-order chi connectivity index (χ1) is 7.00. The Morgan fingerprint density at radius 3 is 2.80 bits per heavy atom. The van der Waals surface area contributed by atoms with Gasteiger partial charge in [-0.3, -0.25) is 0 Å². The molecule has 0 aliphatic heterocycles. The Morgan fingerprint density at radius 2 is 2.07 bits per heavy atom.